The largest absolute Gasteiger partial charge is 0.502 e. The highest BCUT2D eigenvalue weighted by Crippen LogP contribution is 2.29. The van der Waals surface area contributed by atoms with Gasteiger partial charge in [0.15, 0.2) is 28.9 Å². The van der Waals surface area contributed by atoms with E-state index in [2.05, 4.69) is 5.32 Å². The van der Waals surface area contributed by atoms with Crippen molar-refractivity contribution >= 4 is 11.8 Å². The number of carbonyl (C=O) groups excluding carboxylic acids is 2. The number of hydrogen-bond acceptors (Lipinski definition) is 5. The minimum Gasteiger partial charge on any atom is -0.502 e. The van der Waals surface area contributed by atoms with Crippen molar-refractivity contribution in [2.24, 2.45) is 0 Å². The van der Waals surface area contributed by atoms with E-state index in [9.17, 15) is 32.7 Å². The zero-order valence-corrected chi connectivity index (χ0v) is 17.2. The van der Waals surface area contributed by atoms with Gasteiger partial charge in [0.25, 0.3) is 11.8 Å². The molecule has 2 aromatic rings. The van der Waals surface area contributed by atoms with E-state index in [1.165, 1.54) is 10.9 Å². The van der Waals surface area contributed by atoms with Crippen LogP contribution in [0.5, 0.6) is 5.75 Å². The van der Waals surface area contributed by atoms with Crippen molar-refractivity contribution in [1.82, 2.24) is 14.9 Å². The first-order chi connectivity index (χ1) is 15.2. The monoisotopic (exact) mass is 450 g/mol. The number of aromatic hydroxyl groups is 1. The van der Waals surface area contributed by atoms with Crippen molar-refractivity contribution in [3.63, 3.8) is 0 Å². The number of hydrogen-bond donors (Lipinski definition) is 2. The van der Waals surface area contributed by atoms with Gasteiger partial charge in [0.05, 0.1) is 0 Å². The van der Waals surface area contributed by atoms with E-state index in [1.54, 1.807) is 11.8 Å². The summed E-state index contributed by atoms with van der Waals surface area (Å²) in [5, 5.41) is 14.7. The molecule has 4 rings (SSSR count). The number of rotatable bonds is 4. The van der Waals surface area contributed by atoms with Crippen LogP contribution in [0.15, 0.2) is 23.1 Å². The molecule has 1 aromatic heterocycles. The molecular weight excluding hydrogens is 429 g/mol. The number of nitrogens with zero attached hydrogens (tertiary/aromatic N) is 3. The molecule has 0 spiro atoms. The molecular formula is C21H21F3N4O4. The zero-order valence-electron chi connectivity index (χ0n) is 17.2. The Morgan fingerprint density at radius 1 is 1.19 bits per heavy atom. The molecule has 0 radical (unpaired) electrons. The van der Waals surface area contributed by atoms with Crippen LogP contribution in [0.2, 0.25) is 0 Å². The number of fused-ring (bicyclic) bond motifs is 3. The molecule has 2 aliphatic heterocycles. The predicted molar refractivity (Wildman–Crippen MR) is 107 cm³/mol. The minimum atomic E-state index is -1.63. The molecule has 0 unspecified atom stereocenters. The highest BCUT2D eigenvalue weighted by atomic mass is 19.2. The van der Waals surface area contributed by atoms with Gasteiger partial charge in [-0.2, -0.15) is 0 Å². The topological polar surface area (TPSA) is 94.9 Å². The normalized spacial score (nSPS) is 17.8. The predicted octanol–water partition coefficient (Wildman–Crippen LogP) is 1.82. The van der Waals surface area contributed by atoms with Crippen LogP contribution in [0, 0.1) is 17.5 Å². The summed E-state index contributed by atoms with van der Waals surface area (Å²) < 4.78 is 41.2. The third kappa shape index (κ3) is 3.47. The lowest BCUT2D eigenvalue weighted by Gasteiger charge is -2.48. The van der Waals surface area contributed by atoms with E-state index in [1.807, 2.05) is 5.01 Å². The van der Waals surface area contributed by atoms with Gasteiger partial charge in [-0.15, -0.1) is 0 Å². The van der Waals surface area contributed by atoms with Crippen LogP contribution in [-0.4, -0.2) is 45.8 Å². The quantitative estimate of drug-likeness (QED) is 0.694. The second-order valence-corrected chi connectivity index (χ2v) is 7.70. The van der Waals surface area contributed by atoms with Crippen molar-refractivity contribution in [2.75, 3.05) is 18.1 Å². The standard InChI is InChI=1S/C21H21F3N4O4/c1-2-26-15-5-3-4-6-27(15)28-10-12(18(29)19(30)17(28)21(26)32)20(31)25-9-11-7-13(22)16(24)14(23)8-11/h7-8,10,15,30H,2-6,9H2,1H3,(H,25,31)/t15-/m0/s1. The molecule has 2 aliphatic rings. The summed E-state index contributed by atoms with van der Waals surface area (Å²) in [6, 6.07) is 1.46. The smallest absolute Gasteiger partial charge is 0.278 e. The molecule has 2 amide bonds. The molecule has 1 aromatic carbocycles. The van der Waals surface area contributed by atoms with Crippen LogP contribution in [0.3, 0.4) is 0 Å². The van der Waals surface area contributed by atoms with E-state index in [-0.39, 0.29) is 24.0 Å². The van der Waals surface area contributed by atoms with Crippen molar-refractivity contribution in [3.05, 3.63) is 62.8 Å². The van der Waals surface area contributed by atoms with Crippen LogP contribution in [0.4, 0.5) is 13.2 Å². The Bertz CT molecular complexity index is 1140. The van der Waals surface area contributed by atoms with Gasteiger partial charge in [-0.25, -0.2) is 13.2 Å². The molecule has 0 saturated carbocycles. The first-order valence-electron chi connectivity index (χ1n) is 10.2. The van der Waals surface area contributed by atoms with E-state index < -0.39 is 46.0 Å². The SMILES string of the molecule is CCN1C(=O)c2c(O)c(=O)c(C(=O)NCc3cc(F)c(F)c(F)c3)cn2N2CCCC[C@@H]12. The molecule has 11 heteroatoms. The number of carbonyl (C=O) groups is 2. The molecule has 170 valence electrons. The third-order valence-corrected chi connectivity index (χ3v) is 5.79. The Hall–Kier alpha value is -3.50. The van der Waals surface area contributed by atoms with Gasteiger partial charge in [0, 0.05) is 25.8 Å². The van der Waals surface area contributed by atoms with Gasteiger partial charge in [-0.1, -0.05) is 0 Å². The molecule has 1 atom stereocenters. The maximum Gasteiger partial charge on any atom is 0.278 e. The Morgan fingerprint density at radius 2 is 1.88 bits per heavy atom. The average Bonchev–Trinajstić information content (AvgIpc) is 2.78. The second kappa shape index (κ2) is 8.21. The Morgan fingerprint density at radius 3 is 2.53 bits per heavy atom. The van der Waals surface area contributed by atoms with Crippen molar-refractivity contribution in [2.45, 2.75) is 38.9 Å². The maximum atomic E-state index is 13.4. The first kappa shape index (κ1) is 21.7. The molecule has 3 heterocycles. The highest BCUT2D eigenvalue weighted by molar-refractivity contribution is 5.99. The van der Waals surface area contributed by atoms with E-state index in [0.29, 0.717) is 19.5 Å². The molecule has 2 N–H and O–H groups in total. The third-order valence-electron chi connectivity index (χ3n) is 5.79. The van der Waals surface area contributed by atoms with Crippen LogP contribution in [-0.2, 0) is 6.54 Å². The molecule has 1 saturated heterocycles. The van der Waals surface area contributed by atoms with Crippen molar-refractivity contribution < 1.29 is 27.9 Å². The molecule has 32 heavy (non-hydrogen) atoms. The summed E-state index contributed by atoms with van der Waals surface area (Å²) in [4.78, 5) is 39.8. The van der Waals surface area contributed by atoms with E-state index >= 15 is 0 Å². The van der Waals surface area contributed by atoms with Gasteiger partial charge in [-0.05, 0) is 43.9 Å². The highest BCUT2D eigenvalue weighted by Gasteiger charge is 2.40. The first-order valence-corrected chi connectivity index (χ1v) is 10.2. The van der Waals surface area contributed by atoms with E-state index in [4.69, 9.17) is 0 Å². The van der Waals surface area contributed by atoms with Crippen LogP contribution >= 0.6 is 0 Å². The lowest BCUT2D eigenvalue weighted by Crippen LogP contribution is -2.63. The fraction of sp³-hybridized carbons (Fsp3) is 0.381. The van der Waals surface area contributed by atoms with Gasteiger partial charge in [0.2, 0.25) is 5.43 Å². The minimum absolute atomic E-state index is 0.0538. The zero-order chi connectivity index (χ0) is 23.2. The van der Waals surface area contributed by atoms with Crippen LogP contribution in [0.1, 0.15) is 52.6 Å². The number of benzene rings is 1. The van der Waals surface area contributed by atoms with Gasteiger partial charge in [0.1, 0.15) is 11.7 Å². The van der Waals surface area contributed by atoms with Crippen LogP contribution in [0.25, 0.3) is 0 Å². The summed E-state index contributed by atoms with van der Waals surface area (Å²) in [5.41, 5.74) is -1.74. The molecule has 0 bridgehead atoms. The number of halogens is 3. The molecule has 1 fully saturated rings. The maximum absolute atomic E-state index is 13.4. The number of amides is 2. The Kier molecular flexibility index (Phi) is 5.57. The van der Waals surface area contributed by atoms with Gasteiger partial charge < -0.3 is 15.3 Å². The summed E-state index contributed by atoms with van der Waals surface area (Å²) in [5.74, 6) is -6.70. The molecule has 0 aliphatic carbocycles. The Labute approximate surface area is 180 Å². The lowest BCUT2D eigenvalue weighted by atomic mass is 10.1. The lowest BCUT2D eigenvalue weighted by molar-refractivity contribution is 0.0534. The summed E-state index contributed by atoms with van der Waals surface area (Å²) in [7, 11) is 0. The number of aromatic nitrogens is 1. The number of pyridine rings is 1. The van der Waals surface area contributed by atoms with Crippen molar-refractivity contribution in [1.29, 1.82) is 0 Å². The summed E-state index contributed by atoms with van der Waals surface area (Å²) >= 11 is 0. The average molecular weight is 450 g/mol. The fourth-order valence-corrected chi connectivity index (χ4v) is 4.23. The fourth-order valence-electron chi connectivity index (χ4n) is 4.23. The number of piperidine rings is 1. The second-order valence-electron chi connectivity index (χ2n) is 7.70. The molecule has 8 nitrogen and oxygen atoms in total. The number of nitrogens with one attached hydrogen (secondary N) is 1. The summed E-state index contributed by atoms with van der Waals surface area (Å²) in [6.45, 7) is 2.36. The van der Waals surface area contributed by atoms with Crippen molar-refractivity contribution in [3.8, 4) is 5.75 Å². The summed E-state index contributed by atoms with van der Waals surface area (Å²) in [6.07, 6.45) is 3.37. The van der Waals surface area contributed by atoms with Gasteiger partial charge in [-0.3, -0.25) is 24.1 Å². The van der Waals surface area contributed by atoms with Crippen LogP contribution < -0.4 is 15.8 Å². The van der Waals surface area contributed by atoms with E-state index in [0.717, 1.165) is 25.0 Å². The van der Waals surface area contributed by atoms with Gasteiger partial charge >= 0.3 is 0 Å². The Balaban J connectivity index is 1.68.